The molecule has 2 heterocycles. The van der Waals surface area contributed by atoms with Gasteiger partial charge in [0.05, 0.1) is 12.1 Å². The van der Waals surface area contributed by atoms with Crippen LogP contribution in [-0.4, -0.2) is 68.4 Å². The van der Waals surface area contributed by atoms with E-state index in [1.54, 1.807) is 18.2 Å². The van der Waals surface area contributed by atoms with Crippen molar-refractivity contribution in [1.29, 1.82) is 0 Å². The average Bonchev–Trinajstić information content (AvgIpc) is 2.66. The van der Waals surface area contributed by atoms with E-state index in [-0.39, 0.29) is 54.0 Å². The number of aryl methyl sites for hydroxylation is 1. The van der Waals surface area contributed by atoms with E-state index in [0.717, 1.165) is 11.1 Å². The molecule has 3 N–H and O–H groups in total. The van der Waals surface area contributed by atoms with Crippen molar-refractivity contribution in [1.82, 2.24) is 14.9 Å². The van der Waals surface area contributed by atoms with E-state index >= 15 is 0 Å². The van der Waals surface area contributed by atoms with Gasteiger partial charge >= 0.3 is 0 Å². The molecule has 0 saturated heterocycles. The van der Waals surface area contributed by atoms with Crippen molar-refractivity contribution in [2.24, 2.45) is 7.05 Å². The van der Waals surface area contributed by atoms with Gasteiger partial charge in [0, 0.05) is 49.3 Å². The summed E-state index contributed by atoms with van der Waals surface area (Å²) in [5.74, 6) is -1.60. The Morgan fingerprint density at radius 1 is 1.25 bits per heavy atom. The van der Waals surface area contributed by atoms with E-state index in [1.807, 2.05) is 0 Å². The maximum absolute atomic E-state index is 13.0. The number of aromatic hydroxyl groups is 1. The second-order valence-corrected chi connectivity index (χ2v) is 6.08. The van der Waals surface area contributed by atoms with E-state index in [9.17, 15) is 19.1 Å². The number of aliphatic hydroxyl groups is 1. The van der Waals surface area contributed by atoms with Gasteiger partial charge in [0.1, 0.15) is 16.9 Å². The Morgan fingerprint density at radius 2 is 1.93 bits per heavy atom. The Balaban J connectivity index is 0.00000280. The van der Waals surface area contributed by atoms with Gasteiger partial charge in [0.25, 0.3) is 11.5 Å². The Morgan fingerprint density at radius 3 is 2.57 bits per heavy atom. The zero-order valence-electron chi connectivity index (χ0n) is 15.6. The predicted molar refractivity (Wildman–Crippen MR) is 103 cm³/mol. The van der Waals surface area contributed by atoms with Crippen LogP contribution in [0.4, 0.5) is 4.39 Å². The van der Waals surface area contributed by atoms with E-state index in [4.69, 9.17) is 5.11 Å². The summed E-state index contributed by atoms with van der Waals surface area (Å²) in [6.07, 6.45) is 2.00. The predicted octanol–water partition coefficient (Wildman–Crippen LogP) is 0.710. The number of rotatable bonds is 5. The molecule has 1 aromatic carbocycles. The number of pyridine rings is 2. The van der Waals surface area contributed by atoms with Crippen molar-refractivity contribution in [3.05, 3.63) is 69.4 Å². The quantitative estimate of drug-likeness (QED) is 0.553. The first kappa shape index (κ1) is 22.0. The van der Waals surface area contributed by atoms with Crippen molar-refractivity contribution in [3.8, 4) is 5.75 Å². The molecule has 1 radical (unpaired) electrons. The molecule has 0 bridgehead atoms. The zero-order valence-corrected chi connectivity index (χ0v) is 17.6. The molecule has 0 unspecified atom stereocenters. The van der Waals surface area contributed by atoms with Crippen molar-refractivity contribution in [3.63, 3.8) is 0 Å². The van der Waals surface area contributed by atoms with Gasteiger partial charge in [0.2, 0.25) is 0 Å². The van der Waals surface area contributed by atoms with Crippen LogP contribution in [0.1, 0.15) is 21.5 Å². The van der Waals surface area contributed by atoms with Crippen LogP contribution in [0.15, 0.2) is 41.3 Å². The summed E-state index contributed by atoms with van der Waals surface area (Å²) >= 11 is 0. The third kappa shape index (κ3) is 4.41. The van der Waals surface area contributed by atoms with Gasteiger partial charge in [-0.3, -0.25) is 14.6 Å². The smallest absolute Gasteiger partial charge is 0.267 e. The number of hydrogen-bond donors (Lipinski definition) is 3. The largest absolute Gasteiger partial charge is 0.505 e. The molecule has 0 aliphatic rings. The van der Waals surface area contributed by atoms with Gasteiger partial charge in [-0.2, -0.15) is 0 Å². The zero-order chi connectivity index (χ0) is 19.6. The SMILES string of the molecule is Cn1c(=O)c(C(=O)NCCO)c(O)c2ncc(Cc3ccc(F)cc3)cc21.[Na]. The fourth-order valence-corrected chi connectivity index (χ4v) is 2.83. The Kier molecular flexibility index (Phi) is 7.31. The monoisotopic (exact) mass is 394 g/mol. The third-order valence-corrected chi connectivity index (χ3v) is 4.21. The molecule has 0 saturated carbocycles. The van der Waals surface area contributed by atoms with Gasteiger partial charge in [-0.15, -0.1) is 0 Å². The molecule has 1 amide bonds. The number of benzene rings is 1. The molecule has 7 nitrogen and oxygen atoms in total. The van der Waals surface area contributed by atoms with Crippen LogP contribution in [0.3, 0.4) is 0 Å². The summed E-state index contributed by atoms with van der Waals surface area (Å²) in [5.41, 5.74) is 1.03. The van der Waals surface area contributed by atoms with Gasteiger partial charge in [-0.1, -0.05) is 12.1 Å². The van der Waals surface area contributed by atoms with Crippen LogP contribution < -0.4 is 10.9 Å². The fourth-order valence-electron chi connectivity index (χ4n) is 2.83. The minimum Gasteiger partial charge on any atom is -0.505 e. The standard InChI is InChI=1S/C19H18FN3O4.Na/c1-23-14-9-12(8-11-2-4-13(20)5-3-11)10-22-16(14)17(25)15(19(23)27)18(26)21-6-7-24;/h2-5,9-10,24-25H,6-8H2,1H3,(H,21,26);. The van der Waals surface area contributed by atoms with Crippen molar-refractivity contribution in [2.75, 3.05) is 13.2 Å². The second-order valence-electron chi connectivity index (χ2n) is 6.08. The Hall–Kier alpha value is -2.26. The minimum absolute atomic E-state index is 0. The molecule has 9 heteroatoms. The van der Waals surface area contributed by atoms with Crippen molar-refractivity contribution >= 4 is 46.5 Å². The van der Waals surface area contributed by atoms with Gasteiger partial charge in [-0.25, -0.2) is 4.39 Å². The molecular weight excluding hydrogens is 376 g/mol. The number of nitrogens with zero attached hydrogens (tertiary/aromatic N) is 2. The van der Waals surface area contributed by atoms with Crippen LogP contribution in [0.25, 0.3) is 11.0 Å². The average molecular weight is 394 g/mol. The molecule has 2 aromatic heterocycles. The first-order valence-corrected chi connectivity index (χ1v) is 8.26. The molecule has 141 valence electrons. The number of nitrogens with one attached hydrogen (secondary N) is 1. The topological polar surface area (TPSA) is 104 Å². The molecule has 3 rings (SSSR count). The second kappa shape index (κ2) is 9.29. The van der Waals surface area contributed by atoms with Crippen LogP contribution >= 0.6 is 0 Å². The Bertz CT molecular complexity index is 1070. The summed E-state index contributed by atoms with van der Waals surface area (Å²) in [4.78, 5) is 28.9. The van der Waals surface area contributed by atoms with Crippen LogP contribution in [-0.2, 0) is 13.5 Å². The van der Waals surface area contributed by atoms with E-state index < -0.39 is 22.8 Å². The maximum atomic E-state index is 13.0. The number of amides is 1. The number of hydrogen-bond acceptors (Lipinski definition) is 5. The number of fused-ring (bicyclic) bond motifs is 1. The molecule has 0 aliphatic carbocycles. The van der Waals surface area contributed by atoms with Crippen molar-refractivity contribution in [2.45, 2.75) is 6.42 Å². The summed E-state index contributed by atoms with van der Waals surface area (Å²) in [5, 5.41) is 21.5. The maximum Gasteiger partial charge on any atom is 0.267 e. The number of halogens is 1. The fraction of sp³-hybridized carbons (Fsp3) is 0.211. The Labute approximate surface area is 182 Å². The molecular formula is C19H18FN3NaO4. The van der Waals surface area contributed by atoms with Crippen molar-refractivity contribution < 1.29 is 19.4 Å². The van der Waals surface area contributed by atoms with Gasteiger partial charge < -0.3 is 20.1 Å². The molecule has 0 aliphatic heterocycles. The molecule has 0 spiro atoms. The molecule has 0 fully saturated rings. The number of aliphatic hydroxyl groups excluding tert-OH is 1. The third-order valence-electron chi connectivity index (χ3n) is 4.21. The normalized spacial score (nSPS) is 10.5. The summed E-state index contributed by atoms with van der Waals surface area (Å²) < 4.78 is 14.3. The molecule has 3 aromatic rings. The van der Waals surface area contributed by atoms with Gasteiger partial charge in [-0.05, 0) is 35.7 Å². The van der Waals surface area contributed by atoms with E-state index in [1.165, 1.54) is 29.9 Å². The minimum atomic E-state index is -0.777. The number of carbonyl (C=O) groups excluding carboxylic acids is 1. The van der Waals surface area contributed by atoms with E-state index in [2.05, 4.69) is 10.3 Å². The molecule has 28 heavy (non-hydrogen) atoms. The first-order chi connectivity index (χ1) is 12.9. The summed E-state index contributed by atoms with van der Waals surface area (Å²) in [7, 11) is 1.48. The summed E-state index contributed by atoms with van der Waals surface area (Å²) in [6.45, 7) is -0.325. The van der Waals surface area contributed by atoms with E-state index in [0.29, 0.717) is 11.9 Å². The van der Waals surface area contributed by atoms with Crippen LogP contribution in [0, 0.1) is 5.82 Å². The molecule has 0 atom stereocenters. The first-order valence-electron chi connectivity index (χ1n) is 8.26. The van der Waals surface area contributed by atoms with Gasteiger partial charge in [0.15, 0.2) is 5.75 Å². The summed E-state index contributed by atoms with van der Waals surface area (Å²) in [6, 6.07) is 7.74. The van der Waals surface area contributed by atoms with Crippen LogP contribution in [0.5, 0.6) is 5.75 Å². The number of carbonyl (C=O) groups is 1. The number of aromatic nitrogens is 2. The van der Waals surface area contributed by atoms with Crippen LogP contribution in [0.2, 0.25) is 0 Å².